The number of esters is 6. The maximum Gasteiger partial charge on any atom is 0.334 e. The highest BCUT2D eigenvalue weighted by Crippen LogP contribution is 2.48. The van der Waals surface area contributed by atoms with E-state index in [4.69, 9.17) is 28.4 Å². The Labute approximate surface area is 266 Å². The number of hydrogen-bond acceptors (Lipinski definition) is 12. The lowest BCUT2D eigenvalue weighted by molar-refractivity contribution is -0.151. The van der Waals surface area contributed by atoms with Crippen molar-refractivity contribution < 1.29 is 57.2 Å². The summed E-state index contributed by atoms with van der Waals surface area (Å²) in [6, 6.07) is 7.21. The van der Waals surface area contributed by atoms with Gasteiger partial charge in [-0.15, -0.1) is 0 Å². The molecular weight excluding hydrogens is 600 g/mol. The maximum atomic E-state index is 13.9. The Kier molecular flexibility index (Phi) is 12.6. The van der Waals surface area contributed by atoms with Gasteiger partial charge in [0.25, 0.3) is 0 Å². The highest BCUT2D eigenvalue weighted by molar-refractivity contribution is 6.02. The van der Waals surface area contributed by atoms with Gasteiger partial charge in [0.15, 0.2) is 23.0 Å². The molecule has 12 heteroatoms. The monoisotopic (exact) mass is 638 g/mol. The van der Waals surface area contributed by atoms with Crippen LogP contribution in [0.25, 0.3) is 6.08 Å². The lowest BCUT2D eigenvalue weighted by Gasteiger charge is -2.33. The van der Waals surface area contributed by atoms with Gasteiger partial charge in [0.1, 0.15) is 0 Å². The molecule has 0 radical (unpaired) electrons. The van der Waals surface area contributed by atoms with Gasteiger partial charge in [0, 0.05) is 33.6 Å². The van der Waals surface area contributed by atoms with Crippen LogP contribution in [0.5, 0.6) is 23.0 Å². The first-order valence-electron chi connectivity index (χ1n) is 15.0. The van der Waals surface area contributed by atoms with Gasteiger partial charge in [0.05, 0.1) is 24.7 Å². The van der Waals surface area contributed by atoms with E-state index in [0.717, 1.165) is 12.8 Å². The predicted molar refractivity (Wildman–Crippen MR) is 163 cm³/mol. The van der Waals surface area contributed by atoms with E-state index in [2.05, 4.69) is 0 Å². The molecule has 2 unspecified atom stereocenters. The standard InChI is InChI=1S/C34H38O12/c1-7-9-13-41-33(39)26-15-24-17-29(45-21(5)37)30(46-22(6)38)18-25(24)31(32(26)34(40)42-14-10-8-2)23-11-12-27(43-19(3)35)28(16-23)44-20(4)36/h11-12,15-18,31-32H,7-10,13-14H2,1-6H3. The molecule has 1 aliphatic rings. The van der Waals surface area contributed by atoms with Crippen LogP contribution in [0.4, 0.5) is 0 Å². The normalized spacial score (nSPS) is 15.0. The molecule has 0 aliphatic heterocycles. The Morgan fingerprint density at radius 3 is 1.67 bits per heavy atom. The second kappa shape index (κ2) is 16.4. The van der Waals surface area contributed by atoms with Crippen molar-refractivity contribution in [1.29, 1.82) is 0 Å². The molecular formula is C34H38O12. The Balaban J connectivity index is 2.37. The fraction of sp³-hybridized carbons (Fsp3) is 0.412. The molecule has 1 aliphatic carbocycles. The van der Waals surface area contributed by atoms with Crippen LogP contribution >= 0.6 is 0 Å². The quantitative estimate of drug-likeness (QED) is 0.160. The first kappa shape index (κ1) is 35.5. The smallest absolute Gasteiger partial charge is 0.334 e. The third-order valence-electron chi connectivity index (χ3n) is 6.77. The van der Waals surface area contributed by atoms with E-state index in [1.807, 2.05) is 13.8 Å². The molecule has 2 aromatic carbocycles. The van der Waals surface area contributed by atoms with E-state index >= 15 is 0 Å². The zero-order valence-electron chi connectivity index (χ0n) is 26.8. The van der Waals surface area contributed by atoms with E-state index in [1.165, 1.54) is 58.0 Å². The zero-order valence-corrected chi connectivity index (χ0v) is 26.8. The van der Waals surface area contributed by atoms with Crippen LogP contribution in [0.15, 0.2) is 35.9 Å². The van der Waals surface area contributed by atoms with Crippen molar-refractivity contribution in [3.05, 3.63) is 52.6 Å². The lowest BCUT2D eigenvalue weighted by atomic mass is 9.71. The van der Waals surface area contributed by atoms with Crippen LogP contribution < -0.4 is 18.9 Å². The summed E-state index contributed by atoms with van der Waals surface area (Å²) in [4.78, 5) is 75.2. The first-order chi connectivity index (χ1) is 21.9. The van der Waals surface area contributed by atoms with Gasteiger partial charge in [-0.05, 0) is 59.9 Å². The Morgan fingerprint density at radius 2 is 1.13 bits per heavy atom. The minimum absolute atomic E-state index is 0.0257. The summed E-state index contributed by atoms with van der Waals surface area (Å²) in [5.41, 5.74) is 1.08. The van der Waals surface area contributed by atoms with E-state index < -0.39 is 47.7 Å². The van der Waals surface area contributed by atoms with Crippen LogP contribution in [0, 0.1) is 5.92 Å². The van der Waals surface area contributed by atoms with E-state index in [9.17, 15) is 28.8 Å². The molecule has 0 bridgehead atoms. The van der Waals surface area contributed by atoms with E-state index in [1.54, 1.807) is 6.07 Å². The van der Waals surface area contributed by atoms with E-state index in [0.29, 0.717) is 29.5 Å². The molecule has 46 heavy (non-hydrogen) atoms. The van der Waals surface area contributed by atoms with Gasteiger partial charge in [-0.1, -0.05) is 32.8 Å². The van der Waals surface area contributed by atoms with Gasteiger partial charge in [-0.2, -0.15) is 0 Å². The average molecular weight is 639 g/mol. The second-order valence-electron chi connectivity index (χ2n) is 10.6. The second-order valence-corrected chi connectivity index (χ2v) is 10.6. The van der Waals surface area contributed by atoms with Crippen LogP contribution in [-0.4, -0.2) is 49.0 Å². The lowest BCUT2D eigenvalue weighted by Crippen LogP contribution is -2.34. The van der Waals surface area contributed by atoms with Gasteiger partial charge in [-0.3, -0.25) is 24.0 Å². The summed E-state index contributed by atoms with van der Waals surface area (Å²) in [6.45, 7) is 8.78. The average Bonchev–Trinajstić information content (AvgIpc) is 2.96. The summed E-state index contributed by atoms with van der Waals surface area (Å²) >= 11 is 0. The number of carbonyl (C=O) groups is 6. The Bertz CT molecular complexity index is 1540. The molecule has 0 N–H and O–H groups in total. The van der Waals surface area contributed by atoms with Crippen LogP contribution in [-0.2, 0) is 38.2 Å². The molecule has 246 valence electrons. The highest BCUT2D eigenvalue weighted by atomic mass is 16.6. The predicted octanol–water partition coefficient (Wildman–Crippen LogP) is 5.22. The maximum absolute atomic E-state index is 13.9. The molecule has 2 atom stereocenters. The number of carbonyl (C=O) groups excluding carboxylic acids is 6. The summed E-state index contributed by atoms with van der Waals surface area (Å²) in [6.07, 6.45) is 4.14. The number of unbranched alkanes of at least 4 members (excludes halogenated alkanes) is 2. The third kappa shape index (κ3) is 9.26. The van der Waals surface area contributed by atoms with Gasteiger partial charge in [-0.25, -0.2) is 4.79 Å². The van der Waals surface area contributed by atoms with Gasteiger partial charge < -0.3 is 28.4 Å². The number of fused-ring (bicyclic) bond motifs is 1. The summed E-state index contributed by atoms with van der Waals surface area (Å²) in [7, 11) is 0. The first-order valence-corrected chi connectivity index (χ1v) is 15.0. The van der Waals surface area contributed by atoms with E-state index in [-0.39, 0.29) is 41.8 Å². The van der Waals surface area contributed by atoms with Crippen LogP contribution in [0.2, 0.25) is 0 Å². The van der Waals surface area contributed by atoms with Crippen molar-refractivity contribution in [3.63, 3.8) is 0 Å². The molecule has 0 aromatic heterocycles. The Hall–Kier alpha value is -5.00. The molecule has 0 spiro atoms. The minimum Gasteiger partial charge on any atom is -0.465 e. The molecule has 0 heterocycles. The van der Waals surface area contributed by atoms with Crippen LogP contribution in [0.1, 0.15) is 89.8 Å². The molecule has 3 rings (SSSR count). The number of rotatable bonds is 13. The van der Waals surface area contributed by atoms with Gasteiger partial charge >= 0.3 is 35.8 Å². The minimum atomic E-state index is -1.27. The van der Waals surface area contributed by atoms with Crippen molar-refractivity contribution in [2.75, 3.05) is 13.2 Å². The number of hydrogen-bond donors (Lipinski definition) is 0. The third-order valence-corrected chi connectivity index (χ3v) is 6.77. The Morgan fingerprint density at radius 1 is 0.630 bits per heavy atom. The topological polar surface area (TPSA) is 158 Å². The van der Waals surface area contributed by atoms with Crippen molar-refractivity contribution in [2.45, 2.75) is 73.1 Å². The summed E-state index contributed by atoms with van der Waals surface area (Å²) < 4.78 is 32.5. The SMILES string of the molecule is CCCCOC(=O)C1=Cc2cc(OC(C)=O)c(OC(C)=O)cc2C(c2ccc(OC(C)=O)c(OC(C)=O)c2)C1C(=O)OCCCC. The molecule has 12 nitrogen and oxygen atoms in total. The number of benzene rings is 2. The molecule has 0 saturated carbocycles. The highest BCUT2D eigenvalue weighted by Gasteiger charge is 2.43. The molecule has 0 fully saturated rings. The van der Waals surface area contributed by atoms with Crippen LogP contribution in [0.3, 0.4) is 0 Å². The molecule has 2 aromatic rings. The van der Waals surface area contributed by atoms with Crippen molar-refractivity contribution in [3.8, 4) is 23.0 Å². The summed E-state index contributed by atoms with van der Waals surface area (Å²) in [5.74, 6) is -6.87. The van der Waals surface area contributed by atoms with Gasteiger partial charge in [0.2, 0.25) is 0 Å². The summed E-state index contributed by atoms with van der Waals surface area (Å²) in [5, 5.41) is 0. The fourth-order valence-corrected chi connectivity index (χ4v) is 4.88. The largest absolute Gasteiger partial charge is 0.465 e. The zero-order chi connectivity index (χ0) is 34.0. The fourth-order valence-electron chi connectivity index (χ4n) is 4.88. The number of ether oxygens (including phenoxy) is 6. The molecule has 0 saturated heterocycles. The van der Waals surface area contributed by atoms with Crippen molar-refractivity contribution in [1.82, 2.24) is 0 Å². The van der Waals surface area contributed by atoms with Crippen molar-refractivity contribution >= 4 is 41.9 Å². The van der Waals surface area contributed by atoms with Crippen molar-refractivity contribution in [2.24, 2.45) is 5.92 Å². The molecule has 0 amide bonds.